The first-order chi connectivity index (χ1) is 8.34. The minimum Gasteiger partial charge on any atom is -0.364 e. The van der Waals surface area contributed by atoms with Crippen molar-refractivity contribution >= 4 is 11.4 Å². The third-order valence-electron chi connectivity index (χ3n) is 3.10. The molecule has 1 unspecified atom stereocenters. The maximum atomic E-state index is 4.38. The lowest BCUT2D eigenvalue weighted by Crippen LogP contribution is -2.32. The summed E-state index contributed by atoms with van der Waals surface area (Å²) in [7, 11) is 0. The van der Waals surface area contributed by atoms with Crippen LogP contribution in [0.15, 0.2) is 48.7 Å². The Morgan fingerprint density at radius 1 is 1.18 bits per heavy atom. The Labute approximate surface area is 101 Å². The van der Waals surface area contributed by atoms with Crippen LogP contribution in [0.25, 0.3) is 0 Å². The number of anilines is 2. The summed E-state index contributed by atoms with van der Waals surface area (Å²) in [4.78, 5) is 6.71. The average molecular weight is 225 g/mol. The van der Waals surface area contributed by atoms with Crippen LogP contribution >= 0.6 is 0 Å². The average Bonchev–Trinajstić information content (AvgIpc) is 2.68. The van der Waals surface area contributed by atoms with Crippen LogP contribution in [0, 0.1) is 0 Å². The molecule has 0 aliphatic carbocycles. The maximum Gasteiger partial charge on any atom is 0.0966 e. The highest BCUT2D eigenvalue weighted by molar-refractivity contribution is 5.75. The van der Waals surface area contributed by atoms with Crippen molar-refractivity contribution in [1.82, 2.24) is 4.98 Å². The quantitative estimate of drug-likeness (QED) is 0.851. The number of hydrogen-bond donors (Lipinski definition) is 1. The summed E-state index contributed by atoms with van der Waals surface area (Å²) in [6, 6.07) is 14.4. The van der Waals surface area contributed by atoms with Gasteiger partial charge in [0.05, 0.1) is 29.8 Å². The predicted octanol–water partition coefficient (Wildman–Crippen LogP) is 2.86. The normalized spacial score (nSPS) is 17.7. The second-order valence-corrected chi connectivity index (χ2v) is 4.29. The summed E-state index contributed by atoms with van der Waals surface area (Å²) in [5.74, 6) is 0. The second-order valence-electron chi connectivity index (χ2n) is 4.29. The van der Waals surface area contributed by atoms with Gasteiger partial charge in [0.2, 0.25) is 0 Å². The van der Waals surface area contributed by atoms with Crippen molar-refractivity contribution in [1.29, 1.82) is 0 Å². The number of fused-ring (bicyclic) bond motifs is 1. The standard InChI is InChI=1S/C14H15N3/c1-11-16-13-7-2-3-8-14(13)17(11)10-12-6-4-5-9-15-12/h2-9,11,16H,10H2,1H3. The number of hydrogen-bond acceptors (Lipinski definition) is 3. The number of aromatic nitrogens is 1. The van der Waals surface area contributed by atoms with Crippen LogP contribution < -0.4 is 10.2 Å². The summed E-state index contributed by atoms with van der Waals surface area (Å²) in [5, 5.41) is 3.47. The van der Waals surface area contributed by atoms with Gasteiger partial charge in [-0.2, -0.15) is 0 Å². The summed E-state index contributed by atoms with van der Waals surface area (Å²) < 4.78 is 0. The molecule has 3 heteroatoms. The zero-order valence-corrected chi connectivity index (χ0v) is 9.80. The van der Waals surface area contributed by atoms with Crippen molar-refractivity contribution in [2.75, 3.05) is 10.2 Å². The summed E-state index contributed by atoms with van der Waals surface area (Å²) in [6.07, 6.45) is 2.16. The van der Waals surface area contributed by atoms with Gasteiger partial charge in [-0.25, -0.2) is 0 Å². The van der Waals surface area contributed by atoms with Crippen molar-refractivity contribution in [3.63, 3.8) is 0 Å². The lowest BCUT2D eigenvalue weighted by molar-refractivity contribution is 0.713. The zero-order valence-electron chi connectivity index (χ0n) is 9.80. The van der Waals surface area contributed by atoms with Gasteiger partial charge in [0, 0.05) is 6.20 Å². The van der Waals surface area contributed by atoms with Gasteiger partial charge in [0.15, 0.2) is 0 Å². The van der Waals surface area contributed by atoms with Crippen LogP contribution in [-0.2, 0) is 6.54 Å². The van der Waals surface area contributed by atoms with Gasteiger partial charge in [-0.15, -0.1) is 0 Å². The van der Waals surface area contributed by atoms with Crippen LogP contribution in [0.3, 0.4) is 0 Å². The highest BCUT2D eigenvalue weighted by Crippen LogP contribution is 2.34. The Bertz CT molecular complexity index is 510. The Kier molecular flexibility index (Phi) is 2.44. The molecule has 0 saturated carbocycles. The molecule has 0 amide bonds. The van der Waals surface area contributed by atoms with Gasteiger partial charge in [-0.3, -0.25) is 4.98 Å². The molecule has 2 heterocycles. The molecular formula is C14H15N3. The molecule has 86 valence electrons. The zero-order chi connectivity index (χ0) is 11.7. The molecule has 3 nitrogen and oxygen atoms in total. The third-order valence-corrected chi connectivity index (χ3v) is 3.10. The van der Waals surface area contributed by atoms with E-state index in [1.54, 1.807) is 0 Å². The smallest absolute Gasteiger partial charge is 0.0966 e. The van der Waals surface area contributed by atoms with E-state index in [0.717, 1.165) is 12.2 Å². The first kappa shape index (κ1) is 10.1. The molecule has 1 aliphatic heterocycles. The Morgan fingerprint density at radius 3 is 2.82 bits per heavy atom. The van der Waals surface area contributed by atoms with Crippen molar-refractivity contribution < 1.29 is 0 Å². The van der Waals surface area contributed by atoms with Crippen molar-refractivity contribution in [2.45, 2.75) is 19.6 Å². The lowest BCUT2D eigenvalue weighted by Gasteiger charge is -2.23. The van der Waals surface area contributed by atoms with Gasteiger partial charge in [-0.1, -0.05) is 18.2 Å². The monoisotopic (exact) mass is 225 g/mol. The molecule has 1 aliphatic rings. The van der Waals surface area contributed by atoms with E-state index in [1.807, 2.05) is 18.3 Å². The van der Waals surface area contributed by atoms with E-state index in [1.165, 1.54) is 11.4 Å². The first-order valence-electron chi connectivity index (χ1n) is 5.87. The van der Waals surface area contributed by atoms with Crippen molar-refractivity contribution in [3.8, 4) is 0 Å². The van der Waals surface area contributed by atoms with Crippen LogP contribution in [0.4, 0.5) is 11.4 Å². The van der Waals surface area contributed by atoms with E-state index in [9.17, 15) is 0 Å². The van der Waals surface area contributed by atoms with Crippen LogP contribution in [-0.4, -0.2) is 11.1 Å². The highest BCUT2D eigenvalue weighted by atomic mass is 15.3. The molecule has 2 aromatic rings. The Balaban J connectivity index is 1.89. The fourth-order valence-corrected chi connectivity index (χ4v) is 2.25. The molecule has 1 aromatic carbocycles. The summed E-state index contributed by atoms with van der Waals surface area (Å²) >= 11 is 0. The molecule has 0 radical (unpaired) electrons. The molecule has 0 spiro atoms. The number of para-hydroxylation sites is 2. The van der Waals surface area contributed by atoms with E-state index in [4.69, 9.17) is 0 Å². The molecule has 1 atom stereocenters. The minimum atomic E-state index is 0.314. The Hall–Kier alpha value is -2.03. The van der Waals surface area contributed by atoms with Gasteiger partial charge in [-0.05, 0) is 31.2 Å². The largest absolute Gasteiger partial charge is 0.364 e. The molecule has 3 rings (SSSR count). The molecule has 1 N–H and O–H groups in total. The second kappa shape index (κ2) is 4.09. The van der Waals surface area contributed by atoms with Crippen molar-refractivity contribution in [3.05, 3.63) is 54.4 Å². The number of benzene rings is 1. The van der Waals surface area contributed by atoms with Gasteiger partial charge in [0.25, 0.3) is 0 Å². The van der Waals surface area contributed by atoms with Gasteiger partial charge in [0.1, 0.15) is 0 Å². The van der Waals surface area contributed by atoms with E-state index < -0.39 is 0 Å². The fourth-order valence-electron chi connectivity index (χ4n) is 2.25. The molecular weight excluding hydrogens is 210 g/mol. The SMILES string of the molecule is CC1Nc2ccccc2N1Cc1ccccn1. The first-order valence-corrected chi connectivity index (χ1v) is 5.87. The summed E-state index contributed by atoms with van der Waals surface area (Å²) in [6.45, 7) is 3.01. The van der Waals surface area contributed by atoms with Crippen molar-refractivity contribution in [2.24, 2.45) is 0 Å². The van der Waals surface area contributed by atoms with E-state index >= 15 is 0 Å². The summed E-state index contributed by atoms with van der Waals surface area (Å²) in [5.41, 5.74) is 3.56. The number of rotatable bonds is 2. The van der Waals surface area contributed by atoms with E-state index in [0.29, 0.717) is 6.17 Å². The predicted molar refractivity (Wildman–Crippen MR) is 69.9 cm³/mol. The number of nitrogens with zero attached hydrogens (tertiary/aromatic N) is 2. The maximum absolute atomic E-state index is 4.38. The fraction of sp³-hybridized carbons (Fsp3) is 0.214. The molecule has 0 saturated heterocycles. The third kappa shape index (κ3) is 1.84. The highest BCUT2D eigenvalue weighted by Gasteiger charge is 2.24. The molecule has 0 bridgehead atoms. The van der Waals surface area contributed by atoms with E-state index in [-0.39, 0.29) is 0 Å². The number of pyridine rings is 1. The number of nitrogens with one attached hydrogen (secondary N) is 1. The topological polar surface area (TPSA) is 28.2 Å². The minimum absolute atomic E-state index is 0.314. The van der Waals surface area contributed by atoms with Crippen LogP contribution in [0.2, 0.25) is 0 Å². The van der Waals surface area contributed by atoms with Crippen LogP contribution in [0.1, 0.15) is 12.6 Å². The van der Waals surface area contributed by atoms with Crippen LogP contribution in [0.5, 0.6) is 0 Å². The van der Waals surface area contributed by atoms with Gasteiger partial charge >= 0.3 is 0 Å². The lowest BCUT2D eigenvalue weighted by atomic mass is 10.2. The Morgan fingerprint density at radius 2 is 2.00 bits per heavy atom. The molecule has 0 fully saturated rings. The van der Waals surface area contributed by atoms with E-state index in [2.05, 4.69) is 52.5 Å². The molecule has 17 heavy (non-hydrogen) atoms. The van der Waals surface area contributed by atoms with Gasteiger partial charge < -0.3 is 10.2 Å². The molecule has 1 aromatic heterocycles.